The lowest BCUT2D eigenvalue weighted by Crippen LogP contribution is -2.26. The number of benzene rings is 1. The highest BCUT2D eigenvalue weighted by Crippen LogP contribution is 2.24. The third-order valence-corrected chi connectivity index (χ3v) is 4.58. The maximum Gasteiger partial charge on any atom is 0.242 e. The molecule has 1 aromatic carbocycles. The Hall–Kier alpha value is -1.11. The van der Waals surface area contributed by atoms with Crippen molar-refractivity contribution < 1.29 is 18.3 Å². The lowest BCUT2D eigenvalue weighted by molar-refractivity contribution is 0.266. The molecular formula is C12H19NO4S. The molecule has 1 aromatic rings. The van der Waals surface area contributed by atoms with Crippen LogP contribution < -0.4 is 4.74 Å². The van der Waals surface area contributed by atoms with Crippen LogP contribution in [0.4, 0.5) is 0 Å². The zero-order chi connectivity index (χ0) is 13.8. The zero-order valence-electron chi connectivity index (χ0n) is 10.9. The molecule has 0 aliphatic heterocycles. The first-order valence-electron chi connectivity index (χ1n) is 5.80. The van der Waals surface area contributed by atoms with E-state index in [1.54, 1.807) is 13.0 Å². The monoisotopic (exact) mass is 273 g/mol. The minimum absolute atomic E-state index is 0.166. The molecule has 0 bridgehead atoms. The van der Waals surface area contributed by atoms with Gasteiger partial charge in [0.25, 0.3) is 0 Å². The molecule has 0 radical (unpaired) electrons. The van der Waals surface area contributed by atoms with Crippen molar-refractivity contribution in [2.45, 2.75) is 25.3 Å². The second-order valence-electron chi connectivity index (χ2n) is 3.78. The summed E-state index contributed by atoms with van der Waals surface area (Å²) in [7, 11) is -1.97. The molecule has 1 rings (SSSR count). The third-order valence-electron chi connectivity index (χ3n) is 2.66. The second-order valence-corrected chi connectivity index (χ2v) is 5.82. The number of sulfonamides is 1. The Bertz CT molecular complexity index is 499. The SMILES string of the molecule is CCOc1ccc(S(=O)(=O)N(C)CC)cc1CO. The summed E-state index contributed by atoms with van der Waals surface area (Å²) >= 11 is 0. The van der Waals surface area contributed by atoms with Gasteiger partial charge in [0.15, 0.2) is 0 Å². The predicted molar refractivity (Wildman–Crippen MR) is 69.0 cm³/mol. The van der Waals surface area contributed by atoms with Gasteiger partial charge >= 0.3 is 0 Å². The fourth-order valence-corrected chi connectivity index (χ4v) is 2.72. The quantitative estimate of drug-likeness (QED) is 0.846. The first-order valence-corrected chi connectivity index (χ1v) is 7.24. The Morgan fingerprint density at radius 1 is 1.33 bits per heavy atom. The van der Waals surface area contributed by atoms with E-state index in [-0.39, 0.29) is 11.5 Å². The van der Waals surface area contributed by atoms with Crippen LogP contribution in [0.1, 0.15) is 19.4 Å². The van der Waals surface area contributed by atoms with Crippen molar-refractivity contribution in [1.82, 2.24) is 4.31 Å². The maximum absolute atomic E-state index is 12.1. The molecule has 6 heteroatoms. The van der Waals surface area contributed by atoms with Gasteiger partial charge < -0.3 is 9.84 Å². The van der Waals surface area contributed by atoms with Crippen LogP contribution in [-0.4, -0.2) is 38.0 Å². The molecule has 0 unspecified atom stereocenters. The Morgan fingerprint density at radius 3 is 2.50 bits per heavy atom. The van der Waals surface area contributed by atoms with Gasteiger partial charge in [-0.05, 0) is 25.1 Å². The van der Waals surface area contributed by atoms with Gasteiger partial charge in [-0.15, -0.1) is 0 Å². The van der Waals surface area contributed by atoms with E-state index in [0.717, 1.165) is 0 Å². The third kappa shape index (κ3) is 3.01. The molecule has 0 saturated carbocycles. The van der Waals surface area contributed by atoms with Crippen LogP contribution >= 0.6 is 0 Å². The van der Waals surface area contributed by atoms with Crippen molar-refractivity contribution in [3.63, 3.8) is 0 Å². The number of ether oxygens (including phenoxy) is 1. The fourth-order valence-electron chi connectivity index (χ4n) is 1.49. The van der Waals surface area contributed by atoms with E-state index >= 15 is 0 Å². The van der Waals surface area contributed by atoms with E-state index < -0.39 is 10.0 Å². The van der Waals surface area contributed by atoms with E-state index in [0.29, 0.717) is 24.5 Å². The Kier molecular flexibility index (Phi) is 5.13. The number of hydrogen-bond donors (Lipinski definition) is 1. The highest BCUT2D eigenvalue weighted by atomic mass is 32.2. The van der Waals surface area contributed by atoms with Crippen LogP contribution in [0, 0.1) is 0 Å². The topological polar surface area (TPSA) is 66.8 Å². The lowest BCUT2D eigenvalue weighted by Gasteiger charge is -2.16. The van der Waals surface area contributed by atoms with Crippen molar-refractivity contribution in [3.05, 3.63) is 23.8 Å². The molecule has 0 fully saturated rings. The van der Waals surface area contributed by atoms with Crippen molar-refractivity contribution in [2.24, 2.45) is 0 Å². The van der Waals surface area contributed by atoms with E-state index in [4.69, 9.17) is 4.74 Å². The van der Waals surface area contributed by atoms with Crippen molar-refractivity contribution in [2.75, 3.05) is 20.2 Å². The minimum atomic E-state index is -3.49. The highest BCUT2D eigenvalue weighted by Gasteiger charge is 2.20. The molecule has 0 heterocycles. The summed E-state index contributed by atoms with van der Waals surface area (Å²) in [5.41, 5.74) is 0.474. The predicted octanol–water partition coefficient (Wildman–Crippen LogP) is 1.22. The number of rotatable bonds is 6. The number of aliphatic hydroxyl groups is 1. The molecule has 1 N–H and O–H groups in total. The van der Waals surface area contributed by atoms with Crippen LogP contribution in [0.15, 0.2) is 23.1 Å². The molecular weight excluding hydrogens is 254 g/mol. The highest BCUT2D eigenvalue weighted by molar-refractivity contribution is 7.89. The van der Waals surface area contributed by atoms with Crippen LogP contribution in [-0.2, 0) is 16.6 Å². The molecule has 0 saturated heterocycles. The summed E-state index contributed by atoms with van der Waals surface area (Å²) in [6.45, 7) is 4.20. The molecule has 0 aromatic heterocycles. The summed E-state index contributed by atoms with van der Waals surface area (Å²) in [6.07, 6.45) is 0. The lowest BCUT2D eigenvalue weighted by atomic mass is 10.2. The van der Waals surface area contributed by atoms with Crippen LogP contribution in [0.5, 0.6) is 5.75 Å². The summed E-state index contributed by atoms with van der Waals surface area (Å²) < 4.78 is 30.8. The van der Waals surface area contributed by atoms with E-state index in [1.165, 1.54) is 23.5 Å². The Labute approximate surface area is 108 Å². The minimum Gasteiger partial charge on any atom is -0.494 e. The second kappa shape index (κ2) is 6.17. The smallest absolute Gasteiger partial charge is 0.242 e. The number of hydrogen-bond acceptors (Lipinski definition) is 4. The van der Waals surface area contributed by atoms with Gasteiger partial charge in [-0.25, -0.2) is 12.7 Å². The Balaban J connectivity index is 3.21. The van der Waals surface area contributed by atoms with E-state index in [1.807, 2.05) is 6.92 Å². The van der Waals surface area contributed by atoms with Crippen LogP contribution in [0.3, 0.4) is 0 Å². The van der Waals surface area contributed by atoms with Crippen molar-refractivity contribution in [1.29, 1.82) is 0 Å². The van der Waals surface area contributed by atoms with Gasteiger partial charge in [0.05, 0.1) is 18.1 Å². The van der Waals surface area contributed by atoms with Crippen LogP contribution in [0.25, 0.3) is 0 Å². The maximum atomic E-state index is 12.1. The zero-order valence-corrected chi connectivity index (χ0v) is 11.7. The standard InChI is InChI=1S/C12H19NO4S/c1-4-13(3)18(15,16)11-6-7-12(17-5-2)10(8-11)9-14/h6-8,14H,4-5,9H2,1-3H3. The average molecular weight is 273 g/mol. The molecule has 102 valence electrons. The largest absolute Gasteiger partial charge is 0.494 e. The normalized spacial score (nSPS) is 11.8. The van der Waals surface area contributed by atoms with Gasteiger partial charge in [0, 0.05) is 19.2 Å². The van der Waals surface area contributed by atoms with E-state index in [9.17, 15) is 13.5 Å². The van der Waals surface area contributed by atoms with Gasteiger partial charge in [-0.1, -0.05) is 6.92 Å². The average Bonchev–Trinajstić information content (AvgIpc) is 2.38. The van der Waals surface area contributed by atoms with Gasteiger partial charge in [0.2, 0.25) is 10.0 Å². The van der Waals surface area contributed by atoms with E-state index in [2.05, 4.69) is 0 Å². The molecule has 0 amide bonds. The summed E-state index contributed by atoms with van der Waals surface area (Å²) in [4.78, 5) is 0.166. The van der Waals surface area contributed by atoms with Crippen molar-refractivity contribution >= 4 is 10.0 Å². The number of aliphatic hydroxyl groups excluding tert-OH is 1. The summed E-state index contributed by atoms with van der Waals surface area (Å²) in [5.74, 6) is 0.512. The summed E-state index contributed by atoms with van der Waals surface area (Å²) in [5, 5.41) is 9.24. The molecule has 0 spiro atoms. The molecule has 18 heavy (non-hydrogen) atoms. The van der Waals surface area contributed by atoms with Gasteiger partial charge in [0.1, 0.15) is 5.75 Å². The Morgan fingerprint density at radius 2 is 2.00 bits per heavy atom. The fraction of sp³-hybridized carbons (Fsp3) is 0.500. The first-order chi connectivity index (χ1) is 8.47. The molecule has 0 aliphatic rings. The molecule has 5 nitrogen and oxygen atoms in total. The molecule has 0 aliphatic carbocycles. The number of nitrogens with zero attached hydrogens (tertiary/aromatic N) is 1. The van der Waals surface area contributed by atoms with Gasteiger partial charge in [-0.3, -0.25) is 0 Å². The summed E-state index contributed by atoms with van der Waals surface area (Å²) in [6, 6.07) is 4.52. The van der Waals surface area contributed by atoms with Crippen LogP contribution in [0.2, 0.25) is 0 Å². The first kappa shape index (κ1) is 14.9. The van der Waals surface area contributed by atoms with Gasteiger partial charge in [-0.2, -0.15) is 0 Å². The van der Waals surface area contributed by atoms with Crippen molar-refractivity contribution in [3.8, 4) is 5.75 Å². The molecule has 0 atom stereocenters.